The Kier molecular flexibility index (Phi) is 2.45. The predicted octanol–water partition coefficient (Wildman–Crippen LogP) is 3.91. The first-order valence-electron chi connectivity index (χ1n) is 5.51. The fourth-order valence-electron chi connectivity index (χ4n) is 2.32. The molecule has 1 aliphatic carbocycles. The highest BCUT2D eigenvalue weighted by Gasteiger charge is 2.14. The zero-order valence-electron chi connectivity index (χ0n) is 9.35. The minimum absolute atomic E-state index is 1.17. The lowest BCUT2D eigenvalue weighted by Crippen LogP contribution is -1.95. The minimum Gasteiger partial charge on any atom is -0.0683 e. The molecule has 0 saturated heterocycles. The second-order valence-corrected chi connectivity index (χ2v) is 4.35. The van der Waals surface area contributed by atoms with E-state index in [-0.39, 0.29) is 0 Å². The number of hydrogen-bond acceptors (Lipinski definition) is 0. The molecule has 2 rings (SSSR count). The van der Waals surface area contributed by atoms with Crippen LogP contribution in [0.4, 0.5) is 0 Å². The molecule has 1 aromatic carbocycles. The normalized spacial score (nSPS) is 14.1. The first-order valence-corrected chi connectivity index (χ1v) is 5.51. The van der Waals surface area contributed by atoms with E-state index in [0.29, 0.717) is 0 Å². The Morgan fingerprint density at radius 1 is 1.21 bits per heavy atom. The van der Waals surface area contributed by atoms with Gasteiger partial charge in [-0.2, -0.15) is 0 Å². The van der Waals surface area contributed by atoms with Gasteiger partial charge in [-0.05, 0) is 48.9 Å². The van der Waals surface area contributed by atoms with Crippen LogP contribution in [-0.2, 0) is 12.8 Å². The third kappa shape index (κ3) is 1.50. The van der Waals surface area contributed by atoms with Gasteiger partial charge in [0.05, 0.1) is 0 Å². The van der Waals surface area contributed by atoms with E-state index in [4.69, 9.17) is 0 Å². The number of rotatable bonds is 2. The van der Waals surface area contributed by atoms with Crippen molar-refractivity contribution in [2.75, 3.05) is 0 Å². The third-order valence-corrected chi connectivity index (χ3v) is 3.04. The van der Waals surface area contributed by atoms with Crippen LogP contribution in [0, 0.1) is 6.92 Å². The van der Waals surface area contributed by atoms with E-state index in [1.165, 1.54) is 36.0 Å². The van der Waals surface area contributed by atoms with Crippen LogP contribution in [0.5, 0.6) is 0 Å². The third-order valence-electron chi connectivity index (χ3n) is 3.04. The molecule has 0 aromatic heterocycles. The number of aryl methyl sites for hydroxylation is 2. The standard InChI is InChI=1S/C14H18/c1-4-5-12-7-6-11(3)13-8-10(2)9-14(12)13/h6-8H,4-5,9H2,1-3H3. The van der Waals surface area contributed by atoms with E-state index in [1.54, 1.807) is 11.1 Å². The molecule has 1 aliphatic rings. The maximum atomic E-state index is 2.35. The van der Waals surface area contributed by atoms with Crippen LogP contribution in [-0.4, -0.2) is 0 Å². The zero-order valence-corrected chi connectivity index (χ0v) is 9.35. The van der Waals surface area contributed by atoms with Crippen LogP contribution in [0.15, 0.2) is 17.7 Å². The van der Waals surface area contributed by atoms with E-state index in [0.717, 1.165) is 0 Å². The summed E-state index contributed by atoms with van der Waals surface area (Å²) in [6, 6.07) is 4.57. The van der Waals surface area contributed by atoms with E-state index in [1.807, 2.05) is 0 Å². The van der Waals surface area contributed by atoms with Crippen LogP contribution in [0.25, 0.3) is 6.08 Å². The molecule has 0 N–H and O–H groups in total. The summed E-state index contributed by atoms with van der Waals surface area (Å²) >= 11 is 0. The molecule has 0 saturated carbocycles. The summed E-state index contributed by atoms with van der Waals surface area (Å²) in [4.78, 5) is 0. The Hall–Kier alpha value is -1.04. The number of benzene rings is 1. The summed E-state index contributed by atoms with van der Waals surface area (Å²) in [7, 11) is 0. The first kappa shape index (κ1) is 9.51. The average molecular weight is 186 g/mol. The van der Waals surface area contributed by atoms with Gasteiger partial charge in [0.1, 0.15) is 0 Å². The van der Waals surface area contributed by atoms with Crippen LogP contribution in [0.3, 0.4) is 0 Å². The number of fused-ring (bicyclic) bond motifs is 1. The van der Waals surface area contributed by atoms with Gasteiger partial charge in [0.2, 0.25) is 0 Å². The van der Waals surface area contributed by atoms with E-state index >= 15 is 0 Å². The van der Waals surface area contributed by atoms with Gasteiger partial charge in [0.15, 0.2) is 0 Å². The number of allylic oxidation sites excluding steroid dienone is 1. The topological polar surface area (TPSA) is 0 Å². The van der Waals surface area contributed by atoms with Gasteiger partial charge < -0.3 is 0 Å². The van der Waals surface area contributed by atoms with Crippen LogP contribution in [0.2, 0.25) is 0 Å². The second kappa shape index (κ2) is 3.61. The molecular formula is C14H18. The fraction of sp³-hybridized carbons (Fsp3) is 0.429. The number of hydrogen-bond donors (Lipinski definition) is 0. The Labute approximate surface area is 86.7 Å². The summed E-state index contributed by atoms with van der Waals surface area (Å²) in [6.07, 6.45) is 5.99. The van der Waals surface area contributed by atoms with Crippen molar-refractivity contribution in [2.45, 2.75) is 40.0 Å². The van der Waals surface area contributed by atoms with Crippen LogP contribution in [0.1, 0.15) is 42.5 Å². The van der Waals surface area contributed by atoms with Gasteiger partial charge in [-0.1, -0.05) is 37.1 Å². The second-order valence-electron chi connectivity index (χ2n) is 4.35. The van der Waals surface area contributed by atoms with Crippen LogP contribution >= 0.6 is 0 Å². The Morgan fingerprint density at radius 3 is 2.71 bits per heavy atom. The highest BCUT2D eigenvalue weighted by Crippen LogP contribution is 2.30. The molecule has 0 radical (unpaired) electrons. The van der Waals surface area contributed by atoms with Crippen molar-refractivity contribution >= 4 is 6.08 Å². The summed E-state index contributed by atoms with van der Waals surface area (Å²) in [5.41, 5.74) is 7.57. The fourth-order valence-corrected chi connectivity index (χ4v) is 2.32. The average Bonchev–Trinajstić information content (AvgIpc) is 2.53. The SMILES string of the molecule is CCCc1ccc(C)c2c1CC(C)=C2. The van der Waals surface area contributed by atoms with Crippen LogP contribution < -0.4 is 0 Å². The van der Waals surface area contributed by atoms with E-state index in [9.17, 15) is 0 Å². The van der Waals surface area contributed by atoms with Gasteiger partial charge >= 0.3 is 0 Å². The maximum Gasteiger partial charge on any atom is -0.00578 e. The molecule has 0 amide bonds. The molecule has 1 aromatic rings. The van der Waals surface area contributed by atoms with Gasteiger partial charge in [-0.3, -0.25) is 0 Å². The quantitative estimate of drug-likeness (QED) is 0.657. The molecule has 0 atom stereocenters. The summed E-state index contributed by atoms with van der Waals surface area (Å²) < 4.78 is 0. The maximum absolute atomic E-state index is 2.35. The largest absolute Gasteiger partial charge is 0.0683 e. The molecule has 0 heterocycles. The van der Waals surface area contributed by atoms with Crippen molar-refractivity contribution in [1.29, 1.82) is 0 Å². The lowest BCUT2D eigenvalue weighted by Gasteiger charge is -2.09. The van der Waals surface area contributed by atoms with Crippen molar-refractivity contribution in [3.05, 3.63) is 40.0 Å². The van der Waals surface area contributed by atoms with Crippen molar-refractivity contribution in [2.24, 2.45) is 0 Å². The summed E-state index contributed by atoms with van der Waals surface area (Å²) in [5, 5.41) is 0. The summed E-state index contributed by atoms with van der Waals surface area (Å²) in [5.74, 6) is 0. The highest BCUT2D eigenvalue weighted by molar-refractivity contribution is 5.67. The van der Waals surface area contributed by atoms with Gasteiger partial charge in [0, 0.05) is 0 Å². The van der Waals surface area contributed by atoms with Crippen molar-refractivity contribution in [3.8, 4) is 0 Å². The zero-order chi connectivity index (χ0) is 10.1. The van der Waals surface area contributed by atoms with Crippen molar-refractivity contribution < 1.29 is 0 Å². The van der Waals surface area contributed by atoms with E-state index < -0.39 is 0 Å². The molecular weight excluding hydrogens is 168 g/mol. The summed E-state index contributed by atoms with van der Waals surface area (Å²) in [6.45, 7) is 6.69. The molecule has 0 heteroatoms. The highest BCUT2D eigenvalue weighted by atomic mass is 14.2. The minimum atomic E-state index is 1.17. The Bertz CT molecular complexity index is 383. The van der Waals surface area contributed by atoms with Gasteiger partial charge in [-0.15, -0.1) is 0 Å². The molecule has 0 aliphatic heterocycles. The molecule has 0 fully saturated rings. The molecule has 0 spiro atoms. The lowest BCUT2D eigenvalue weighted by molar-refractivity contribution is 0.904. The predicted molar refractivity (Wildman–Crippen MR) is 62.5 cm³/mol. The Balaban J connectivity index is 2.48. The molecule has 0 nitrogen and oxygen atoms in total. The molecule has 0 bridgehead atoms. The smallest absolute Gasteiger partial charge is 0.00578 e. The molecule has 74 valence electrons. The van der Waals surface area contributed by atoms with Gasteiger partial charge in [0.25, 0.3) is 0 Å². The Morgan fingerprint density at radius 2 is 2.00 bits per heavy atom. The monoisotopic (exact) mass is 186 g/mol. The van der Waals surface area contributed by atoms with Crippen molar-refractivity contribution in [3.63, 3.8) is 0 Å². The lowest BCUT2D eigenvalue weighted by atomic mass is 9.96. The molecule has 14 heavy (non-hydrogen) atoms. The van der Waals surface area contributed by atoms with Crippen molar-refractivity contribution in [1.82, 2.24) is 0 Å². The molecule has 0 unspecified atom stereocenters. The van der Waals surface area contributed by atoms with Gasteiger partial charge in [-0.25, -0.2) is 0 Å². The van der Waals surface area contributed by atoms with E-state index in [2.05, 4.69) is 39.0 Å². The first-order chi connectivity index (χ1) is 6.72.